The van der Waals surface area contributed by atoms with Crippen molar-refractivity contribution in [1.82, 2.24) is 0 Å². The van der Waals surface area contributed by atoms with E-state index < -0.39 is 5.97 Å². The highest BCUT2D eigenvalue weighted by atomic mass is 16.6. The lowest BCUT2D eigenvalue weighted by molar-refractivity contribution is -0.127. The molecule has 0 aliphatic carbocycles. The first kappa shape index (κ1) is 17.5. The lowest BCUT2D eigenvalue weighted by Crippen LogP contribution is -2.18. The normalized spacial score (nSPS) is 11.1. The Bertz CT molecular complexity index is 753. The Morgan fingerprint density at radius 3 is 2.50 bits per heavy atom. The van der Waals surface area contributed by atoms with Gasteiger partial charge < -0.3 is 14.3 Å². The Morgan fingerprint density at radius 1 is 1.04 bits per heavy atom. The van der Waals surface area contributed by atoms with Crippen LogP contribution in [-0.2, 0) is 16.2 Å². The summed E-state index contributed by atoms with van der Waals surface area (Å²) in [6.45, 7) is 5.88. The second-order valence-electron chi connectivity index (χ2n) is 5.34. The smallest absolute Gasteiger partial charge is 0.361 e. The van der Waals surface area contributed by atoms with E-state index in [-0.39, 0.29) is 5.71 Å². The van der Waals surface area contributed by atoms with E-state index in [1.807, 2.05) is 44.2 Å². The van der Waals surface area contributed by atoms with Crippen molar-refractivity contribution in [1.29, 1.82) is 0 Å². The van der Waals surface area contributed by atoms with E-state index in [1.54, 1.807) is 12.1 Å². The maximum Gasteiger partial charge on any atom is 0.361 e. The molecule has 0 fully saturated rings. The van der Waals surface area contributed by atoms with Gasteiger partial charge in [0, 0.05) is 5.56 Å². The SMILES string of the molecule is CON=C(C)C(=O)Oc1ccccc1COc1cccc(C)c1C. The second kappa shape index (κ2) is 8.15. The van der Waals surface area contributed by atoms with Crippen molar-refractivity contribution in [2.75, 3.05) is 7.11 Å². The number of esters is 1. The van der Waals surface area contributed by atoms with Crippen LogP contribution in [0.5, 0.6) is 11.5 Å². The number of ether oxygens (including phenoxy) is 2. The van der Waals surface area contributed by atoms with Gasteiger partial charge in [-0.25, -0.2) is 4.79 Å². The number of hydrogen-bond donors (Lipinski definition) is 0. The van der Waals surface area contributed by atoms with Crippen LogP contribution in [0.1, 0.15) is 23.6 Å². The Hall–Kier alpha value is -2.82. The lowest BCUT2D eigenvalue weighted by Gasteiger charge is -2.13. The molecule has 0 saturated carbocycles. The lowest BCUT2D eigenvalue weighted by atomic mass is 10.1. The minimum absolute atomic E-state index is 0.141. The predicted octanol–water partition coefficient (Wildman–Crippen LogP) is 3.81. The molecule has 0 amide bonds. The average molecular weight is 327 g/mol. The van der Waals surface area contributed by atoms with E-state index in [9.17, 15) is 4.79 Å². The van der Waals surface area contributed by atoms with Crippen LogP contribution in [0.4, 0.5) is 0 Å². The molecule has 0 N–H and O–H groups in total. The Balaban J connectivity index is 2.13. The Labute approximate surface area is 141 Å². The van der Waals surface area contributed by atoms with Crippen molar-refractivity contribution >= 4 is 11.7 Å². The molecule has 2 aromatic rings. The van der Waals surface area contributed by atoms with Gasteiger partial charge in [0.25, 0.3) is 0 Å². The van der Waals surface area contributed by atoms with Gasteiger partial charge in [-0.15, -0.1) is 0 Å². The number of carbonyl (C=O) groups is 1. The molecule has 5 heteroatoms. The number of carbonyl (C=O) groups excluding carboxylic acids is 1. The molecule has 24 heavy (non-hydrogen) atoms. The van der Waals surface area contributed by atoms with E-state index in [0.717, 1.165) is 16.9 Å². The summed E-state index contributed by atoms with van der Waals surface area (Å²) in [7, 11) is 1.38. The van der Waals surface area contributed by atoms with Crippen LogP contribution >= 0.6 is 0 Å². The zero-order valence-corrected chi connectivity index (χ0v) is 14.3. The van der Waals surface area contributed by atoms with Gasteiger partial charge in [-0.05, 0) is 44.0 Å². The molecule has 2 rings (SSSR count). The van der Waals surface area contributed by atoms with Crippen molar-refractivity contribution in [2.45, 2.75) is 27.4 Å². The zero-order chi connectivity index (χ0) is 17.5. The molecule has 0 aromatic heterocycles. The van der Waals surface area contributed by atoms with E-state index in [0.29, 0.717) is 12.4 Å². The van der Waals surface area contributed by atoms with Crippen molar-refractivity contribution < 1.29 is 19.1 Å². The fourth-order valence-corrected chi connectivity index (χ4v) is 2.11. The monoisotopic (exact) mass is 327 g/mol. The minimum Gasteiger partial charge on any atom is -0.488 e. The largest absolute Gasteiger partial charge is 0.488 e. The van der Waals surface area contributed by atoms with Gasteiger partial charge in [-0.3, -0.25) is 0 Å². The summed E-state index contributed by atoms with van der Waals surface area (Å²) in [6.07, 6.45) is 0. The molecule has 0 aliphatic rings. The third-order valence-corrected chi connectivity index (χ3v) is 3.64. The van der Waals surface area contributed by atoms with Crippen LogP contribution in [0.3, 0.4) is 0 Å². The van der Waals surface area contributed by atoms with Crippen LogP contribution < -0.4 is 9.47 Å². The quantitative estimate of drug-likeness (QED) is 0.350. The molecule has 0 atom stereocenters. The van der Waals surface area contributed by atoms with Crippen molar-refractivity contribution in [3.8, 4) is 11.5 Å². The molecule has 0 heterocycles. The summed E-state index contributed by atoms with van der Waals surface area (Å²) >= 11 is 0. The number of rotatable bonds is 6. The average Bonchev–Trinajstić information content (AvgIpc) is 2.57. The number of nitrogens with zero attached hydrogens (tertiary/aromatic N) is 1. The summed E-state index contributed by atoms with van der Waals surface area (Å²) in [6, 6.07) is 13.2. The van der Waals surface area contributed by atoms with Gasteiger partial charge in [0.1, 0.15) is 25.2 Å². The topological polar surface area (TPSA) is 57.1 Å². The summed E-state index contributed by atoms with van der Waals surface area (Å²) in [5.74, 6) is 0.697. The molecule has 0 bridgehead atoms. The van der Waals surface area contributed by atoms with E-state index >= 15 is 0 Å². The number of benzene rings is 2. The maximum absolute atomic E-state index is 12.0. The Kier molecular flexibility index (Phi) is 5.95. The molecule has 0 aliphatic heterocycles. The summed E-state index contributed by atoms with van der Waals surface area (Å²) in [5, 5.41) is 3.58. The van der Waals surface area contributed by atoms with Crippen LogP contribution in [0, 0.1) is 13.8 Å². The van der Waals surface area contributed by atoms with Gasteiger partial charge in [-0.1, -0.05) is 35.5 Å². The number of para-hydroxylation sites is 1. The first-order valence-corrected chi connectivity index (χ1v) is 7.59. The van der Waals surface area contributed by atoms with Crippen LogP contribution in [-0.4, -0.2) is 18.8 Å². The number of hydrogen-bond acceptors (Lipinski definition) is 5. The third-order valence-electron chi connectivity index (χ3n) is 3.64. The summed E-state index contributed by atoms with van der Waals surface area (Å²) in [4.78, 5) is 16.5. The first-order valence-electron chi connectivity index (χ1n) is 7.59. The van der Waals surface area contributed by atoms with Gasteiger partial charge >= 0.3 is 5.97 Å². The zero-order valence-electron chi connectivity index (χ0n) is 14.3. The van der Waals surface area contributed by atoms with Crippen molar-refractivity contribution in [2.24, 2.45) is 5.16 Å². The molecule has 0 unspecified atom stereocenters. The highest BCUT2D eigenvalue weighted by Gasteiger charge is 2.13. The third kappa shape index (κ3) is 4.35. The highest BCUT2D eigenvalue weighted by Crippen LogP contribution is 2.24. The van der Waals surface area contributed by atoms with Crippen LogP contribution in [0.15, 0.2) is 47.6 Å². The molecule has 126 valence electrons. The number of oxime groups is 1. The van der Waals surface area contributed by atoms with Crippen LogP contribution in [0.2, 0.25) is 0 Å². The number of aryl methyl sites for hydroxylation is 1. The van der Waals surface area contributed by atoms with E-state index in [2.05, 4.69) is 9.99 Å². The molecular weight excluding hydrogens is 306 g/mol. The first-order chi connectivity index (χ1) is 11.5. The van der Waals surface area contributed by atoms with Crippen molar-refractivity contribution in [3.05, 3.63) is 59.2 Å². The Morgan fingerprint density at radius 2 is 1.75 bits per heavy atom. The van der Waals surface area contributed by atoms with Gasteiger partial charge in [-0.2, -0.15) is 0 Å². The predicted molar refractivity (Wildman–Crippen MR) is 92.4 cm³/mol. The fraction of sp³-hybridized carbons (Fsp3) is 0.263. The second-order valence-corrected chi connectivity index (χ2v) is 5.34. The molecule has 0 spiro atoms. The maximum atomic E-state index is 12.0. The summed E-state index contributed by atoms with van der Waals surface area (Å²) in [5.41, 5.74) is 3.17. The van der Waals surface area contributed by atoms with Crippen LogP contribution in [0.25, 0.3) is 0 Å². The molecule has 0 radical (unpaired) electrons. The van der Waals surface area contributed by atoms with E-state index in [1.165, 1.54) is 19.6 Å². The molecule has 2 aromatic carbocycles. The minimum atomic E-state index is -0.559. The van der Waals surface area contributed by atoms with Crippen molar-refractivity contribution in [3.63, 3.8) is 0 Å². The summed E-state index contributed by atoms with van der Waals surface area (Å²) < 4.78 is 11.3. The highest BCUT2D eigenvalue weighted by molar-refractivity contribution is 6.35. The van der Waals surface area contributed by atoms with E-state index in [4.69, 9.17) is 9.47 Å². The van der Waals surface area contributed by atoms with Gasteiger partial charge in [0.05, 0.1) is 0 Å². The molecule has 0 saturated heterocycles. The van der Waals surface area contributed by atoms with Gasteiger partial charge in [0.2, 0.25) is 0 Å². The molecular formula is C19H21NO4. The van der Waals surface area contributed by atoms with Gasteiger partial charge in [0.15, 0.2) is 5.71 Å². The standard InChI is InChI=1S/C19H21NO4/c1-13-8-7-11-17(14(13)2)23-12-16-9-5-6-10-18(16)24-19(21)15(3)20-22-4/h5-11H,12H2,1-4H3. The fourth-order valence-electron chi connectivity index (χ4n) is 2.11. The molecule has 5 nitrogen and oxygen atoms in total.